The van der Waals surface area contributed by atoms with Crippen molar-refractivity contribution in [3.05, 3.63) is 102 Å². The van der Waals surface area contributed by atoms with Crippen LogP contribution >= 0.6 is 0 Å². The molecule has 5 aromatic rings. The Bertz CT molecular complexity index is 1800. The van der Waals surface area contributed by atoms with Gasteiger partial charge >= 0.3 is 0 Å². The molecule has 12 heteroatoms. The maximum Gasteiger partial charge on any atom is 0.255 e. The predicted molar refractivity (Wildman–Crippen MR) is 159 cm³/mol. The summed E-state index contributed by atoms with van der Waals surface area (Å²) in [6, 6.07) is 22.5. The van der Waals surface area contributed by atoms with Crippen molar-refractivity contribution in [2.75, 3.05) is 29.2 Å². The third-order valence-corrected chi connectivity index (χ3v) is 6.96. The van der Waals surface area contributed by atoms with Gasteiger partial charge in [-0.15, -0.1) is 0 Å². The number of hydrogen-bond donors (Lipinski definition) is 2. The van der Waals surface area contributed by atoms with Gasteiger partial charge < -0.3 is 24.7 Å². The molecule has 1 heterocycles. The zero-order valence-electron chi connectivity index (χ0n) is 22.8. The number of rotatable bonds is 9. The molecule has 2 N–H and O–H groups in total. The number of ether oxygens (including phenoxy) is 2. The Morgan fingerprint density at radius 1 is 0.881 bits per heavy atom. The quantitative estimate of drug-likeness (QED) is 0.201. The number of carbonyl (C=O) groups is 1. The summed E-state index contributed by atoms with van der Waals surface area (Å²) in [6.07, 6.45) is 0. The number of fused-ring (bicyclic) bond motifs is 1. The van der Waals surface area contributed by atoms with E-state index in [1.54, 1.807) is 67.6 Å². The fourth-order valence-corrected chi connectivity index (χ4v) is 4.71. The average molecular weight is 587 g/mol. The Labute approximate surface area is 243 Å². The number of halogens is 1. The Morgan fingerprint density at radius 2 is 1.57 bits per heavy atom. The van der Waals surface area contributed by atoms with Gasteiger partial charge in [-0.25, -0.2) is 14.4 Å². The van der Waals surface area contributed by atoms with E-state index < -0.39 is 23.0 Å². The minimum absolute atomic E-state index is 0.0205. The molecule has 0 fully saturated rings. The molecule has 42 heavy (non-hydrogen) atoms. The molecule has 0 spiro atoms. The minimum atomic E-state index is -2.86. The van der Waals surface area contributed by atoms with Crippen LogP contribution in [0, 0.1) is 12.7 Å². The van der Waals surface area contributed by atoms with Gasteiger partial charge in [-0.3, -0.25) is 13.3 Å². The van der Waals surface area contributed by atoms with E-state index in [0.29, 0.717) is 33.8 Å². The van der Waals surface area contributed by atoms with E-state index in [2.05, 4.69) is 20.6 Å². The van der Waals surface area contributed by atoms with Gasteiger partial charge in [-0.2, -0.15) is 0 Å². The average Bonchev–Trinajstić information content (AvgIpc) is 2.98. The molecule has 1 atom stereocenters. The first-order valence-electron chi connectivity index (χ1n) is 12.6. The summed E-state index contributed by atoms with van der Waals surface area (Å²) in [7, 11) is 3.03. The summed E-state index contributed by atoms with van der Waals surface area (Å²) in [4.78, 5) is 22.1. The number of anilines is 5. The Balaban J connectivity index is 1.56. The highest BCUT2D eigenvalue weighted by atomic mass is 32.2. The second-order valence-corrected chi connectivity index (χ2v) is 9.89. The third kappa shape index (κ3) is 6.14. The molecule has 4 aromatic carbocycles. The minimum Gasteiger partial charge on any atom is -0.755 e. The van der Waals surface area contributed by atoms with Crippen LogP contribution in [0.1, 0.15) is 15.9 Å². The molecule has 0 aliphatic rings. The zero-order chi connectivity index (χ0) is 29.8. The molecule has 1 aromatic heterocycles. The van der Waals surface area contributed by atoms with Crippen LogP contribution in [0.2, 0.25) is 0 Å². The molecule has 0 saturated carbocycles. The number of aromatic nitrogens is 2. The van der Waals surface area contributed by atoms with Crippen molar-refractivity contribution in [3.8, 4) is 11.5 Å². The number of amides is 1. The van der Waals surface area contributed by atoms with Crippen molar-refractivity contribution in [1.82, 2.24) is 9.97 Å². The van der Waals surface area contributed by atoms with E-state index >= 15 is 0 Å². The number of carbonyl (C=O) groups excluding carboxylic acids is 1. The zero-order valence-corrected chi connectivity index (χ0v) is 23.6. The molecule has 1 amide bonds. The number of methoxy groups -OCH3 is 2. The molecule has 0 saturated heterocycles. The van der Waals surface area contributed by atoms with Gasteiger partial charge in [0, 0.05) is 35.1 Å². The lowest BCUT2D eigenvalue weighted by Crippen LogP contribution is -2.23. The molecule has 0 bridgehead atoms. The molecular weight excluding hydrogens is 561 g/mol. The Kier molecular flexibility index (Phi) is 8.27. The molecule has 0 aliphatic heterocycles. The van der Waals surface area contributed by atoms with Gasteiger partial charge in [0.05, 0.1) is 42.2 Å². The van der Waals surface area contributed by atoms with Gasteiger partial charge in [0.2, 0.25) is 0 Å². The standard InChI is InChI=1S/C30H26FN5O5S/c1-18-11-12-19(13-25(18)31)30(37)33-20-7-6-8-22(14-20)36(42(38)39)29-28(34-26-9-4-5-10-27(26)35-29)32-21-15-23(40-2)17-24(16-21)41-3/h4-17H,1-3H3,(H,32,34)(H,33,37)(H,38,39)/p-1. The lowest BCUT2D eigenvalue weighted by atomic mass is 10.1. The summed E-state index contributed by atoms with van der Waals surface area (Å²) in [5.74, 6) is 0.0702. The van der Waals surface area contributed by atoms with Crippen molar-refractivity contribution >= 4 is 56.9 Å². The number of benzene rings is 4. The number of nitrogens with one attached hydrogen (secondary N) is 2. The van der Waals surface area contributed by atoms with Crippen LogP contribution in [0.3, 0.4) is 0 Å². The van der Waals surface area contributed by atoms with Crippen molar-refractivity contribution in [2.45, 2.75) is 6.92 Å². The van der Waals surface area contributed by atoms with Gasteiger partial charge in [-0.1, -0.05) is 24.3 Å². The van der Waals surface area contributed by atoms with Gasteiger partial charge in [-0.05, 0) is 55.0 Å². The normalized spacial score (nSPS) is 11.5. The van der Waals surface area contributed by atoms with Crippen LogP contribution in [0.25, 0.3) is 11.0 Å². The first-order chi connectivity index (χ1) is 20.2. The maximum absolute atomic E-state index is 14.0. The number of hydrogen-bond acceptors (Lipinski definition) is 8. The molecule has 1 unspecified atom stereocenters. The predicted octanol–water partition coefficient (Wildman–Crippen LogP) is 6.02. The van der Waals surface area contributed by atoms with Crippen LogP contribution in [0.4, 0.5) is 33.1 Å². The largest absolute Gasteiger partial charge is 0.755 e. The molecule has 10 nitrogen and oxygen atoms in total. The van der Waals surface area contributed by atoms with E-state index in [1.807, 2.05) is 0 Å². The number of para-hydroxylation sites is 2. The monoisotopic (exact) mass is 586 g/mol. The van der Waals surface area contributed by atoms with Crippen LogP contribution in [0.15, 0.2) is 84.9 Å². The maximum atomic E-state index is 14.0. The lowest BCUT2D eigenvalue weighted by Gasteiger charge is -2.27. The SMILES string of the molecule is COc1cc(Nc2nc3ccccc3nc2N(c2cccc(NC(=O)c3ccc(C)c(F)c3)c2)S(=O)[O-])cc(OC)c1. The summed E-state index contributed by atoms with van der Waals surface area (Å²) >= 11 is -2.86. The van der Waals surface area contributed by atoms with Crippen LogP contribution < -0.4 is 24.4 Å². The highest BCUT2D eigenvalue weighted by molar-refractivity contribution is 7.81. The summed E-state index contributed by atoms with van der Waals surface area (Å²) in [6.45, 7) is 1.60. The fraction of sp³-hybridized carbons (Fsp3) is 0.100. The Hall–Kier alpha value is -5.07. The van der Waals surface area contributed by atoms with E-state index in [0.717, 1.165) is 10.4 Å². The van der Waals surface area contributed by atoms with Crippen molar-refractivity contribution < 1.29 is 27.4 Å². The van der Waals surface area contributed by atoms with E-state index in [-0.39, 0.29) is 28.6 Å². The van der Waals surface area contributed by atoms with E-state index in [4.69, 9.17) is 9.47 Å². The highest BCUT2D eigenvalue weighted by Crippen LogP contribution is 2.36. The first kappa shape index (κ1) is 28.5. The van der Waals surface area contributed by atoms with Gasteiger partial charge in [0.1, 0.15) is 17.3 Å². The second-order valence-electron chi connectivity index (χ2n) is 9.09. The number of nitrogens with zero attached hydrogens (tertiary/aromatic N) is 3. The topological polar surface area (TPSA) is 129 Å². The van der Waals surface area contributed by atoms with Crippen LogP contribution in [-0.4, -0.2) is 38.9 Å². The number of aryl methyl sites for hydroxylation is 1. The van der Waals surface area contributed by atoms with Crippen molar-refractivity contribution in [1.29, 1.82) is 0 Å². The van der Waals surface area contributed by atoms with E-state index in [1.165, 1.54) is 32.4 Å². The Morgan fingerprint density at radius 3 is 2.21 bits per heavy atom. The molecule has 5 rings (SSSR count). The molecule has 0 aliphatic carbocycles. The summed E-state index contributed by atoms with van der Waals surface area (Å²) in [5.41, 5.74) is 2.50. The molecular formula is C30H25FN5O5S-. The van der Waals surface area contributed by atoms with Crippen LogP contribution in [-0.2, 0) is 11.3 Å². The summed E-state index contributed by atoms with van der Waals surface area (Å²) in [5, 5.41) is 5.83. The summed E-state index contributed by atoms with van der Waals surface area (Å²) < 4.78 is 51.2. The smallest absolute Gasteiger partial charge is 0.255 e. The third-order valence-electron chi connectivity index (χ3n) is 6.28. The molecule has 214 valence electrons. The van der Waals surface area contributed by atoms with E-state index in [9.17, 15) is 17.9 Å². The highest BCUT2D eigenvalue weighted by Gasteiger charge is 2.21. The van der Waals surface area contributed by atoms with Gasteiger partial charge in [0.15, 0.2) is 11.6 Å². The van der Waals surface area contributed by atoms with Crippen LogP contribution in [0.5, 0.6) is 11.5 Å². The van der Waals surface area contributed by atoms with Crippen molar-refractivity contribution in [3.63, 3.8) is 0 Å². The fourth-order valence-electron chi connectivity index (χ4n) is 4.16. The van der Waals surface area contributed by atoms with Gasteiger partial charge in [0.25, 0.3) is 5.91 Å². The lowest BCUT2D eigenvalue weighted by molar-refractivity contribution is 0.102. The second kappa shape index (κ2) is 12.2. The first-order valence-corrected chi connectivity index (χ1v) is 13.6. The van der Waals surface area contributed by atoms with Crippen molar-refractivity contribution in [2.24, 2.45) is 0 Å². The molecule has 0 radical (unpaired) electrons.